The van der Waals surface area contributed by atoms with Crippen LogP contribution in [-0.2, 0) is 4.79 Å². The Morgan fingerprint density at radius 1 is 1.19 bits per heavy atom. The van der Waals surface area contributed by atoms with Crippen LogP contribution in [0.25, 0.3) is 6.08 Å². The molecule has 2 aromatic rings. The van der Waals surface area contributed by atoms with Gasteiger partial charge in [0.2, 0.25) is 0 Å². The summed E-state index contributed by atoms with van der Waals surface area (Å²) in [6.07, 6.45) is 1.52. The summed E-state index contributed by atoms with van der Waals surface area (Å²) in [4.78, 5) is 12.3. The predicted molar refractivity (Wildman–Crippen MR) is 105 cm³/mol. The minimum absolute atomic E-state index is 0.00694. The standard InChI is InChI=1S/C20H19BrN2O3/c1-13(2)26-18-9-4-14(11-19(18)25-3)10-15(12-22)20(24)23-17-7-5-16(21)6-8-17/h4-11,13H,1-3H3,(H,23,24). The van der Waals surface area contributed by atoms with Crippen LogP contribution >= 0.6 is 15.9 Å². The third-order valence-electron chi connectivity index (χ3n) is 3.33. The first-order chi connectivity index (χ1) is 12.4. The Morgan fingerprint density at radius 2 is 1.88 bits per heavy atom. The molecule has 1 amide bonds. The third kappa shape index (κ3) is 5.36. The first-order valence-electron chi connectivity index (χ1n) is 7.96. The molecule has 0 fully saturated rings. The second kappa shape index (κ2) is 9.07. The predicted octanol–water partition coefficient (Wildman–Crippen LogP) is 4.79. The molecule has 0 unspecified atom stereocenters. The summed E-state index contributed by atoms with van der Waals surface area (Å²) in [5.74, 6) is 0.673. The van der Waals surface area contributed by atoms with E-state index in [1.807, 2.05) is 32.0 Å². The van der Waals surface area contributed by atoms with E-state index in [9.17, 15) is 10.1 Å². The van der Waals surface area contributed by atoms with Gasteiger partial charge in [-0.3, -0.25) is 4.79 Å². The van der Waals surface area contributed by atoms with Gasteiger partial charge < -0.3 is 14.8 Å². The maximum Gasteiger partial charge on any atom is 0.266 e. The lowest BCUT2D eigenvalue weighted by atomic mass is 10.1. The SMILES string of the molecule is COc1cc(C=C(C#N)C(=O)Nc2ccc(Br)cc2)ccc1OC(C)C. The number of halogens is 1. The van der Waals surface area contributed by atoms with Gasteiger partial charge in [0.25, 0.3) is 5.91 Å². The zero-order valence-electron chi connectivity index (χ0n) is 14.7. The first kappa shape index (κ1) is 19.5. The maximum absolute atomic E-state index is 12.3. The largest absolute Gasteiger partial charge is 0.493 e. The molecular formula is C20H19BrN2O3. The number of carbonyl (C=O) groups is 1. The van der Waals surface area contributed by atoms with Gasteiger partial charge in [0.1, 0.15) is 11.6 Å². The number of nitrogens with zero attached hydrogens (tertiary/aromatic N) is 1. The Bertz CT molecular complexity index is 852. The van der Waals surface area contributed by atoms with Crippen molar-refractivity contribution >= 4 is 33.6 Å². The van der Waals surface area contributed by atoms with E-state index in [1.165, 1.54) is 6.08 Å². The van der Waals surface area contributed by atoms with Crippen molar-refractivity contribution in [3.05, 3.63) is 58.1 Å². The molecule has 0 radical (unpaired) electrons. The number of rotatable bonds is 6. The molecule has 134 valence electrons. The molecule has 0 spiro atoms. The average molecular weight is 415 g/mol. The summed E-state index contributed by atoms with van der Waals surface area (Å²) < 4.78 is 11.9. The summed E-state index contributed by atoms with van der Waals surface area (Å²) in [6, 6.07) is 14.3. The van der Waals surface area contributed by atoms with Crippen molar-refractivity contribution in [3.8, 4) is 17.6 Å². The van der Waals surface area contributed by atoms with Crippen molar-refractivity contribution in [2.75, 3.05) is 12.4 Å². The van der Waals surface area contributed by atoms with E-state index in [2.05, 4.69) is 21.2 Å². The molecule has 0 aliphatic rings. The van der Waals surface area contributed by atoms with Gasteiger partial charge >= 0.3 is 0 Å². The van der Waals surface area contributed by atoms with Crippen LogP contribution in [0.2, 0.25) is 0 Å². The van der Waals surface area contributed by atoms with Crippen molar-refractivity contribution in [2.45, 2.75) is 20.0 Å². The van der Waals surface area contributed by atoms with Crippen LogP contribution in [0.1, 0.15) is 19.4 Å². The number of methoxy groups -OCH3 is 1. The van der Waals surface area contributed by atoms with Crippen molar-refractivity contribution in [3.63, 3.8) is 0 Å². The quantitative estimate of drug-likeness (QED) is 0.544. The van der Waals surface area contributed by atoms with Gasteiger partial charge in [0.15, 0.2) is 11.5 Å². The molecule has 0 aliphatic carbocycles. The zero-order valence-corrected chi connectivity index (χ0v) is 16.3. The van der Waals surface area contributed by atoms with Crippen LogP contribution in [0.3, 0.4) is 0 Å². The smallest absolute Gasteiger partial charge is 0.266 e. The Kier molecular flexibility index (Phi) is 6.81. The number of nitrogens with one attached hydrogen (secondary N) is 1. The molecule has 0 saturated heterocycles. The number of amides is 1. The molecule has 2 aromatic carbocycles. The van der Waals surface area contributed by atoms with Crippen molar-refractivity contribution in [1.29, 1.82) is 5.26 Å². The van der Waals surface area contributed by atoms with E-state index in [0.29, 0.717) is 22.7 Å². The van der Waals surface area contributed by atoms with E-state index in [1.54, 1.807) is 37.4 Å². The highest BCUT2D eigenvalue weighted by molar-refractivity contribution is 9.10. The van der Waals surface area contributed by atoms with Crippen molar-refractivity contribution in [2.24, 2.45) is 0 Å². The molecule has 0 aromatic heterocycles. The van der Waals surface area contributed by atoms with Crippen LogP contribution in [0, 0.1) is 11.3 Å². The number of carbonyl (C=O) groups excluding carboxylic acids is 1. The molecule has 1 N–H and O–H groups in total. The second-order valence-electron chi connectivity index (χ2n) is 5.71. The van der Waals surface area contributed by atoms with E-state index in [0.717, 1.165) is 4.47 Å². The Morgan fingerprint density at radius 3 is 2.46 bits per heavy atom. The average Bonchev–Trinajstić information content (AvgIpc) is 2.62. The third-order valence-corrected chi connectivity index (χ3v) is 3.86. The van der Waals surface area contributed by atoms with Crippen LogP contribution < -0.4 is 14.8 Å². The van der Waals surface area contributed by atoms with Crippen LogP contribution in [0.5, 0.6) is 11.5 Å². The fourth-order valence-corrected chi connectivity index (χ4v) is 2.44. The fraction of sp³-hybridized carbons (Fsp3) is 0.200. The Balaban J connectivity index is 2.23. The summed E-state index contributed by atoms with van der Waals surface area (Å²) in [5.41, 5.74) is 1.27. The van der Waals surface area contributed by atoms with E-state index < -0.39 is 5.91 Å². The second-order valence-corrected chi connectivity index (χ2v) is 6.62. The van der Waals surface area contributed by atoms with E-state index in [4.69, 9.17) is 9.47 Å². The number of nitriles is 1. The van der Waals surface area contributed by atoms with Gasteiger partial charge in [0, 0.05) is 10.2 Å². The minimum atomic E-state index is -0.476. The first-order valence-corrected chi connectivity index (χ1v) is 8.75. The topological polar surface area (TPSA) is 71.3 Å². The van der Waals surface area contributed by atoms with Crippen molar-refractivity contribution < 1.29 is 14.3 Å². The van der Waals surface area contributed by atoms with Gasteiger partial charge in [-0.15, -0.1) is 0 Å². The van der Waals surface area contributed by atoms with Gasteiger partial charge in [-0.2, -0.15) is 5.26 Å². The number of hydrogen-bond donors (Lipinski definition) is 1. The number of hydrogen-bond acceptors (Lipinski definition) is 4. The Labute approximate surface area is 161 Å². The molecule has 2 rings (SSSR count). The summed E-state index contributed by atoms with van der Waals surface area (Å²) in [6.45, 7) is 3.85. The highest BCUT2D eigenvalue weighted by Crippen LogP contribution is 2.29. The molecule has 0 saturated carbocycles. The molecule has 0 atom stereocenters. The van der Waals surface area contributed by atoms with Crippen LogP contribution in [-0.4, -0.2) is 19.1 Å². The van der Waals surface area contributed by atoms with Crippen molar-refractivity contribution in [1.82, 2.24) is 0 Å². The van der Waals surface area contributed by atoms with Crippen LogP contribution in [0.15, 0.2) is 52.5 Å². The van der Waals surface area contributed by atoms with Gasteiger partial charge in [-0.05, 0) is 61.9 Å². The molecule has 5 nitrogen and oxygen atoms in total. The molecule has 0 heterocycles. The zero-order chi connectivity index (χ0) is 19.1. The van der Waals surface area contributed by atoms with E-state index in [-0.39, 0.29) is 11.7 Å². The molecular weight excluding hydrogens is 396 g/mol. The summed E-state index contributed by atoms with van der Waals surface area (Å²) in [5, 5.41) is 12.0. The fourth-order valence-electron chi connectivity index (χ4n) is 2.17. The summed E-state index contributed by atoms with van der Waals surface area (Å²) in [7, 11) is 1.54. The van der Waals surface area contributed by atoms with Gasteiger partial charge in [0.05, 0.1) is 13.2 Å². The number of benzene rings is 2. The maximum atomic E-state index is 12.3. The summed E-state index contributed by atoms with van der Waals surface area (Å²) >= 11 is 3.33. The lowest BCUT2D eigenvalue weighted by Crippen LogP contribution is -2.13. The van der Waals surface area contributed by atoms with Crippen LogP contribution in [0.4, 0.5) is 5.69 Å². The highest BCUT2D eigenvalue weighted by Gasteiger charge is 2.11. The lowest BCUT2D eigenvalue weighted by molar-refractivity contribution is -0.112. The monoisotopic (exact) mass is 414 g/mol. The van der Waals surface area contributed by atoms with Gasteiger partial charge in [-0.1, -0.05) is 22.0 Å². The number of anilines is 1. The molecule has 6 heteroatoms. The number of ether oxygens (including phenoxy) is 2. The molecule has 0 aliphatic heterocycles. The van der Waals surface area contributed by atoms with Gasteiger partial charge in [-0.25, -0.2) is 0 Å². The normalized spacial score (nSPS) is 11.0. The van der Waals surface area contributed by atoms with E-state index >= 15 is 0 Å². The lowest BCUT2D eigenvalue weighted by Gasteiger charge is -2.13. The minimum Gasteiger partial charge on any atom is -0.493 e. The molecule has 26 heavy (non-hydrogen) atoms. The highest BCUT2D eigenvalue weighted by atomic mass is 79.9. The molecule has 0 bridgehead atoms. The Hall–Kier alpha value is -2.78.